The molecule has 0 spiro atoms. The van der Waals surface area contributed by atoms with Crippen LogP contribution < -0.4 is 5.32 Å². The lowest BCUT2D eigenvalue weighted by Gasteiger charge is -2.35. The first-order valence-electron chi connectivity index (χ1n) is 19.6. The van der Waals surface area contributed by atoms with E-state index in [4.69, 9.17) is 9.47 Å². The van der Waals surface area contributed by atoms with Gasteiger partial charge in [0, 0.05) is 13.0 Å². The number of rotatable bonds is 24. The third-order valence-electron chi connectivity index (χ3n) is 10.0. The van der Waals surface area contributed by atoms with Crippen LogP contribution in [0.1, 0.15) is 139 Å². The van der Waals surface area contributed by atoms with Crippen molar-refractivity contribution in [3.8, 4) is 11.1 Å². The second-order valence-corrected chi connectivity index (χ2v) is 13.9. The van der Waals surface area contributed by atoms with E-state index < -0.39 is 24.1 Å². The van der Waals surface area contributed by atoms with Crippen LogP contribution in [-0.2, 0) is 25.7 Å². The number of carbonyl (C=O) groups excluding carboxylic acids is 3. The lowest BCUT2D eigenvalue weighted by atomic mass is 9.99. The standard InChI is InChI=1S/C44H60N2O5/c1-3-4-5-6-7-8-9-10-11-12-13-14-18-32-41(47)45-33-24-23-31-40(43(48)51-34-35-25-16-15-17-26-35)46(44(49)50-2)42-38-29-21-19-27-36(38)37-28-20-22-30-39(37)42/h15-17,19-22,25-30,40,42H,3-14,18,23-24,31-34H2,1-2H3,(H,45,47)/t40-/m0/s1. The Labute approximate surface area is 306 Å². The average molecular weight is 697 g/mol. The van der Waals surface area contributed by atoms with Crippen molar-refractivity contribution in [1.82, 2.24) is 10.2 Å². The highest BCUT2D eigenvalue weighted by Gasteiger charge is 2.42. The van der Waals surface area contributed by atoms with Gasteiger partial charge in [-0.3, -0.25) is 9.69 Å². The van der Waals surface area contributed by atoms with Crippen molar-refractivity contribution in [2.24, 2.45) is 0 Å². The van der Waals surface area contributed by atoms with E-state index in [2.05, 4.69) is 12.2 Å². The fourth-order valence-electron chi connectivity index (χ4n) is 7.22. The molecular formula is C44H60N2O5. The van der Waals surface area contributed by atoms with Gasteiger partial charge in [0.25, 0.3) is 0 Å². The summed E-state index contributed by atoms with van der Waals surface area (Å²) < 4.78 is 11.2. The van der Waals surface area contributed by atoms with Crippen molar-refractivity contribution in [2.45, 2.75) is 135 Å². The number of hydrogen-bond acceptors (Lipinski definition) is 5. The fourth-order valence-corrected chi connectivity index (χ4v) is 7.22. The van der Waals surface area contributed by atoms with Crippen molar-refractivity contribution in [3.05, 3.63) is 95.6 Å². The van der Waals surface area contributed by atoms with E-state index in [1.54, 1.807) is 4.90 Å². The van der Waals surface area contributed by atoms with Gasteiger partial charge >= 0.3 is 12.1 Å². The Morgan fingerprint density at radius 1 is 0.667 bits per heavy atom. The highest BCUT2D eigenvalue weighted by atomic mass is 16.6. The molecular weight excluding hydrogens is 636 g/mol. The van der Waals surface area contributed by atoms with Gasteiger partial charge in [-0.15, -0.1) is 0 Å². The molecule has 0 bridgehead atoms. The molecule has 0 aromatic heterocycles. The Kier molecular flexibility index (Phi) is 17.6. The molecule has 0 fully saturated rings. The quantitative estimate of drug-likeness (QED) is 0.0744. The minimum atomic E-state index is -0.883. The lowest BCUT2D eigenvalue weighted by molar-refractivity contribution is -0.151. The van der Waals surface area contributed by atoms with Gasteiger partial charge in [-0.2, -0.15) is 0 Å². The van der Waals surface area contributed by atoms with Crippen LogP contribution in [0, 0.1) is 0 Å². The Morgan fingerprint density at radius 2 is 1.20 bits per heavy atom. The molecule has 7 nitrogen and oxygen atoms in total. The summed E-state index contributed by atoms with van der Waals surface area (Å²) in [5.74, 6) is -0.398. The van der Waals surface area contributed by atoms with Crippen molar-refractivity contribution in [3.63, 3.8) is 0 Å². The smallest absolute Gasteiger partial charge is 0.411 e. The predicted molar refractivity (Wildman–Crippen MR) is 205 cm³/mol. The second kappa shape index (κ2) is 22.6. The van der Waals surface area contributed by atoms with E-state index >= 15 is 0 Å². The van der Waals surface area contributed by atoms with Crippen molar-refractivity contribution >= 4 is 18.0 Å². The van der Waals surface area contributed by atoms with Gasteiger partial charge in [0.15, 0.2) is 0 Å². The van der Waals surface area contributed by atoms with Gasteiger partial charge in [0.05, 0.1) is 13.2 Å². The summed E-state index contributed by atoms with van der Waals surface area (Å²) in [6.07, 6.45) is 18.3. The van der Waals surface area contributed by atoms with E-state index in [9.17, 15) is 14.4 Å². The number of methoxy groups -OCH3 is 1. The lowest BCUT2D eigenvalue weighted by Crippen LogP contribution is -2.47. The van der Waals surface area contributed by atoms with Crippen LogP contribution in [0.15, 0.2) is 78.9 Å². The Hall–Kier alpha value is -4.13. The van der Waals surface area contributed by atoms with Crippen LogP contribution in [0.2, 0.25) is 0 Å². The highest BCUT2D eigenvalue weighted by Crippen LogP contribution is 2.47. The minimum Gasteiger partial charge on any atom is -0.459 e. The van der Waals surface area contributed by atoms with Gasteiger partial charge in [-0.25, -0.2) is 9.59 Å². The molecule has 276 valence electrons. The van der Waals surface area contributed by atoms with E-state index in [0.29, 0.717) is 32.2 Å². The Balaban J connectivity index is 1.26. The molecule has 0 unspecified atom stereocenters. The zero-order valence-corrected chi connectivity index (χ0v) is 31.1. The molecule has 0 heterocycles. The van der Waals surface area contributed by atoms with Gasteiger partial charge < -0.3 is 14.8 Å². The SMILES string of the molecule is CCCCCCCCCCCCCCCC(=O)NCCCC[C@@H](C(=O)OCc1ccccc1)N(C(=O)OC)C1c2ccccc2-c2ccccc21. The minimum absolute atomic E-state index is 0.0762. The fraction of sp³-hybridized carbons (Fsp3) is 0.523. The van der Waals surface area contributed by atoms with Gasteiger partial charge in [-0.1, -0.05) is 163 Å². The second-order valence-electron chi connectivity index (χ2n) is 13.9. The number of esters is 1. The first kappa shape index (κ1) is 39.7. The van der Waals surface area contributed by atoms with Crippen LogP contribution in [0.5, 0.6) is 0 Å². The number of fused-ring (bicyclic) bond motifs is 3. The number of unbranched alkanes of at least 4 members (excludes halogenated alkanes) is 13. The van der Waals surface area contributed by atoms with Crippen LogP contribution >= 0.6 is 0 Å². The molecule has 51 heavy (non-hydrogen) atoms. The summed E-state index contributed by atoms with van der Waals surface area (Å²) in [5.41, 5.74) is 4.84. The van der Waals surface area contributed by atoms with Crippen LogP contribution in [0.4, 0.5) is 4.79 Å². The number of nitrogens with one attached hydrogen (secondary N) is 1. The molecule has 1 aliphatic rings. The molecule has 0 radical (unpaired) electrons. The first-order chi connectivity index (χ1) is 25.0. The zero-order valence-electron chi connectivity index (χ0n) is 31.1. The predicted octanol–water partition coefficient (Wildman–Crippen LogP) is 10.7. The maximum absolute atomic E-state index is 13.9. The maximum atomic E-state index is 13.9. The summed E-state index contributed by atoms with van der Waals surface area (Å²) in [6, 6.07) is 24.2. The van der Waals surface area contributed by atoms with E-state index in [1.165, 1.54) is 77.7 Å². The van der Waals surface area contributed by atoms with Gasteiger partial charge in [0.1, 0.15) is 12.6 Å². The molecule has 1 aliphatic carbocycles. The number of hydrogen-bond donors (Lipinski definition) is 1. The number of carbonyl (C=O) groups is 3. The molecule has 0 saturated carbocycles. The van der Waals surface area contributed by atoms with E-state index in [0.717, 1.165) is 40.7 Å². The van der Waals surface area contributed by atoms with Gasteiger partial charge in [-0.05, 0) is 53.5 Å². The van der Waals surface area contributed by atoms with E-state index in [-0.39, 0.29) is 12.5 Å². The molecule has 1 atom stereocenters. The maximum Gasteiger partial charge on any atom is 0.411 e. The summed E-state index contributed by atoms with van der Waals surface area (Å²) in [5, 5.41) is 3.06. The molecule has 0 saturated heterocycles. The monoisotopic (exact) mass is 696 g/mol. The Morgan fingerprint density at radius 3 is 1.76 bits per heavy atom. The molecule has 0 aliphatic heterocycles. The van der Waals surface area contributed by atoms with Crippen LogP contribution in [-0.4, -0.2) is 42.6 Å². The van der Waals surface area contributed by atoms with E-state index in [1.807, 2.05) is 78.9 Å². The molecule has 7 heteroatoms. The molecule has 2 amide bonds. The average Bonchev–Trinajstić information content (AvgIpc) is 3.49. The third kappa shape index (κ3) is 12.6. The highest BCUT2D eigenvalue weighted by molar-refractivity contribution is 5.85. The molecule has 3 aromatic carbocycles. The third-order valence-corrected chi connectivity index (χ3v) is 10.0. The summed E-state index contributed by atoms with van der Waals surface area (Å²) in [6.45, 7) is 2.90. The summed E-state index contributed by atoms with van der Waals surface area (Å²) in [4.78, 5) is 41.6. The first-order valence-corrected chi connectivity index (χ1v) is 19.6. The number of nitrogens with zero attached hydrogens (tertiary/aromatic N) is 1. The Bertz CT molecular complexity index is 1430. The van der Waals surface area contributed by atoms with Crippen molar-refractivity contribution in [1.29, 1.82) is 0 Å². The van der Waals surface area contributed by atoms with Crippen LogP contribution in [0.25, 0.3) is 11.1 Å². The van der Waals surface area contributed by atoms with Crippen molar-refractivity contribution in [2.75, 3.05) is 13.7 Å². The number of ether oxygens (including phenoxy) is 2. The number of benzene rings is 3. The molecule has 1 N–H and O–H groups in total. The number of amides is 2. The van der Waals surface area contributed by atoms with Crippen molar-refractivity contribution < 1.29 is 23.9 Å². The molecule has 3 aromatic rings. The zero-order chi connectivity index (χ0) is 36.1. The van der Waals surface area contributed by atoms with Gasteiger partial charge in [0.2, 0.25) is 5.91 Å². The largest absolute Gasteiger partial charge is 0.459 e. The molecule has 4 rings (SSSR count). The summed E-state index contributed by atoms with van der Waals surface area (Å²) >= 11 is 0. The van der Waals surface area contributed by atoms with Crippen LogP contribution in [0.3, 0.4) is 0 Å². The normalized spacial score (nSPS) is 12.5. The topological polar surface area (TPSA) is 84.9 Å². The summed E-state index contributed by atoms with van der Waals surface area (Å²) in [7, 11) is 1.35.